The third kappa shape index (κ3) is 4.76. The molecule has 0 radical (unpaired) electrons. The van der Waals surface area contributed by atoms with Gasteiger partial charge in [0.25, 0.3) is 5.92 Å². The predicted molar refractivity (Wildman–Crippen MR) is 105 cm³/mol. The highest BCUT2D eigenvalue weighted by Crippen LogP contribution is 2.42. The summed E-state index contributed by atoms with van der Waals surface area (Å²) in [6, 6.07) is 3.65. The maximum atomic E-state index is 14.0. The number of alkyl halides is 2. The molecule has 2 aromatic rings. The highest BCUT2D eigenvalue weighted by atomic mass is 32.1. The summed E-state index contributed by atoms with van der Waals surface area (Å²) in [6.45, 7) is 3.94. The van der Waals surface area contributed by atoms with Gasteiger partial charge in [-0.3, -0.25) is 9.78 Å². The Morgan fingerprint density at radius 1 is 1.32 bits per heavy atom. The molecule has 0 unspecified atom stereocenters. The highest BCUT2D eigenvalue weighted by molar-refractivity contribution is 7.10. The maximum absolute atomic E-state index is 14.0. The molecule has 1 aliphatic rings. The van der Waals surface area contributed by atoms with Crippen LogP contribution in [0.25, 0.3) is 5.57 Å². The Morgan fingerprint density at radius 3 is 2.79 bits per heavy atom. The molecular weight excluding hydrogens is 384 g/mol. The first-order valence-corrected chi connectivity index (χ1v) is 10.1. The fraction of sp³-hybridized carbons (Fsp3) is 0.429. The van der Waals surface area contributed by atoms with Crippen LogP contribution in [0.5, 0.6) is 5.75 Å². The molecule has 0 aliphatic heterocycles. The van der Waals surface area contributed by atoms with E-state index in [4.69, 9.17) is 9.84 Å². The molecular formula is C21H23F2NO3S. The number of carboxylic acid groups (broad SMARTS) is 1. The van der Waals surface area contributed by atoms with Crippen molar-refractivity contribution in [3.8, 4) is 5.75 Å². The minimum atomic E-state index is -2.71. The summed E-state index contributed by atoms with van der Waals surface area (Å²) in [7, 11) is 0. The smallest absolute Gasteiger partial charge is 0.303 e. The van der Waals surface area contributed by atoms with Gasteiger partial charge < -0.3 is 9.84 Å². The Bertz CT molecular complexity index is 891. The molecule has 0 saturated carbocycles. The average molecular weight is 407 g/mol. The van der Waals surface area contributed by atoms with Crippen molar-refractivity contribution in [2.45, 2.75) is 51.9 Å². The summed E-state index contributed by atoms with van der Waals surface area (Å²) in [6.07, 6.45) is 2.11. The van der Waals surface area contributed by atoms with Crippen molar-refractivity contribution in [3.63, 3.8) is 0 Å². The van der Waals surface area contributed by atoms with Gasteiger partial charge in [-0.1, -0.05) is 6.07 Å². The summed E-state index contributed by atoms with van der Waals surface area (Å²) in [5.41, 5.74) is 6.08. The van der Waals surface area contributed by atoms with Crippen molar-refractivity contribution in [2.24, 2.45) is 0 Å². The van der Waals surface area contributed by atoms with E-state index in [1.807, 2.05) is 19.9 Å². The van der Waals surface area contributed by atoms with Crippen molar-refractivity contribution in [1.82, 2.24) is 4.98 Å². The second kappa shape index (κ2) is 8.39. The molecule has 0 amide bonds. The number of thiazole rings is 1. The number of nitrogens with zero attached hydrogens (tertiary/aromatic N) is 1. The lowest BCUT2D eigenvalue weighted by molar-refractivity contribution is -0.136. The summed E-state index contributed by atoms with van der Waals surface area (Å²) in [5.74, 6) is -2.90. The molecule has 1 aromatic carbocycles. The van der Waals surface area contributed by atoms with Gasteiger partial charge in [0.2, 0.25) is 0 Å². The number of aliphatic carboxylic acids is 1. The van der Waals surface area contributed by atoms with Gasteiger partial charge in [0, 0.05) is 25.5 Å². The molecule has 28 heavy (non-hydrogen) atoms. The number of aryl methyl sites for hydroxylation is 1. The minimum absolute atomic E-state index is 0.0701. The van der Waals surface area contributed by atoms with Crippen LogP contribution in [0.4, 0.5) is 8.78 Å². The third-order valence-corrected chi connectivity index (χ3v) is 6.06. The standard InChI is InChI=1S/C21H23F2NO3S/c1-13-14(2)18(5-3-15(13)4-6-20(25)26)27-11-16-9-21(22,23)8-7-17(16)19-10-24-12-28-19/h3,5,10,12H,4,6-9,11H2,1-2H3,(H,25,26). The number of halogens is 2. The number of carboxylic acids is 1. The monoisotopic (exact) mass is 407 g/mol. The average Bonchev–Trinajstić information content (AvgIpc) is 3.15. The van der Waals surface area contributed by atoms with E-state index in [0.717, 1.165) is 27.1 Å². The number of hydrogen-bond acceptors (Lipinski definition) is 4. The fourth-order valence-electron chi connectivity index (χ4n) is 3.48. The quantitative estimate of drug-likeness (QED) is 0.665. The van der Waals surface area contributed by atoms with Crippen LogP contribution < -0.4 is 4.74 Å². The van der Waals surface area contributed by atoms with Gasteiger partial charge >= 0.3 is 5.97 Å². The Balaban J connectivity index is 1.79. The molecule has 1 N–H and O–H groups in total. The Morgan fingerprint density at radius 2 is 2.11 bits per heavy atom. The summed E-state index contributed by atoms with van der Waals surface area (Å²) in [5, 5.41) is 8.87. The van der Waals surface area contributed by atoms with Crippen molar-refractivity contribution in [1.29, 1.82) is 0 Å². The first kappa shape index (κ1) is 20.5. The van der Waals surface area contributed by atoms with E-state index in [1.165, 1.54) is 11.3 Å². The molecule has 150 valence electrons. The number of hydrogen-bond donors (Lipinski definition) is 1. The van der Waals surface area contributed by atoms with Crippen molar-refractivity contribution in [2.75, 3.05) is 6.61 Å². The van der Waals surface area contributed by atoms with Crippen molar-refractivity contribution < 1.29 is 23.4 Å². The number of ether oxygens (including phenoxy) is 1. The predicted octanol–water partition coefficient (Wildman–Crippen LogP) is 5.43. The first-order chi connectivity index (χ1) is 13.3. The van der Waals surface area contributed by atoms with Gasteiger partial charge in [0.15, 0.2) is 0 Å². The van der Waals surface area contributed by atoms with E-state index in [9.17, 15) is 13.6 Å². The molecule has 0 bridgehead atoms. The topological polar surface area (TPSA) is 59.4 Å². The van der Waals surface area contributed by atoms with Gasteiger partial charge in [-0.15, -0.1) is 11.3 Å². The van der Waals surface area contributed by atoms with Crippen molar-refractivity contribution >= 4 is 22.9 Å². The molecule has 1 aromatic heterocycles. The Labute approximate surface area is 166 Å². The normalized spacial score (nSPS) is 16.3. The van der Waals surface area contributed by atoms with Crippen LogP contribution in [0.3, 0.4) is 0 Å². The molecule has 4 nitrogen and oxygen atoms in total. The molecule has 0 fully saturated rings. The van der Waals surface area contributed by atoms with Gasteiger partial charge in [0.05, 0.1) is 10.4 Å². The zero-order valence-corrected chi connectivity index (χ0v) is 16.7. The molecule has 0 spiro atoms. The minimum Gasteiger partial charge on any atom is -0.489 e. The summed E-state index contributed by atoms with van der Waals surface area (Å²) >= 11 is 1.45. The molecule has 7 heteroatoms. The van der Waals surface area contributed by atoms with Crippen LogP contribution in [0, 0.1) is 13.8 Å². The SMILES string of the molecule is Cc1c(CCC(=O)O)ccc(OCC2=C(c3cncs3)CCC(F)(F)C2)c1C. The van der Waals surface area contributed by atoms with E-state index in [2.05, 4.69) is 4.98 Å². The fourth-order valence-corrected chi connectivity index (χ4v) is 4.22. The molecule has 1 aliphatic carbocycles. The van der Waals surface area contributed by atoms with Crippen LogP contribution >= 0.6 is 11.3 Å². The van der Waals surface area contributed by atoms with Crippen LogP contribution in [-0.4, -0.2) is 28.6 Å². The van der Waals surface area contributed by atoms with E-state index in [-0.39, 0.29) is 25.9 Å². The van der Waals surface area contributed by atoms with E-state index >= 15 is 0 Å². The zero-order valence-electron chi connectivity index (χ0n) is 15.9. The number of aromatic nitrogens is 1. The lowest BCUT2D eigenvalue weighted by Gasteiger charge is -2.27. The van der Waals surface area contributed by atoms with Gasteiger partial charge in [0.1, 0.15) is 12.4 Å². The largest absolute Gasteiger partial charge is 0.489 e. The Hall–Kier alpha value is -2.28. The van der Waals surface area contributed by atoms with E-state index in [0.29, 0.717) is 24.2 Å². The van der Waals surface area contributed by atoms with Crippen LogP contribution in [0.15, 0.2) is 29.4 Å². The third-order valence-electron chi connectivity index (χ3n) is 5.23. The zero-order chi connectivity index (χ0) is 20.3. The van der Waals surface area contributed by atoms with Gasteiger partial charge in [-0.05, 0) is 60.6 Å². The second-order valence-corrected chi connectivity index (χ2v) is 8.02. The van der Waals surface area contributed by atoms with Gasteiger partial charge in [-0.2, -0.15) is 0 Å². The number of allylic oxidation sites excluding steroid dienone is 1. The summed E-state index contributed by atoms with van der Waals surface area (Å²) < 4.78 is 33.9. The van der Waals surface area contributed by atoms with E-state index < -0.39 is 11.9 Å². The van der Waals surface area contributed by atoms with Crippen molar-refractivity contribution in [3.05, 3.63) is 51.0 Å². The molecule has 3 rings (SSSR count). The molecule has 0 saturated heterocycles. The number of benzene rings is 1. The highest BCUT2D eigenvalue weighted by Gasteiger charge is 2.36. The van der Waals surface area contributed by atoms with Crippen LogP contribution in [0.2, 0.25) is 0 Å². The molecule has 0 atom stereocenters. The lowest BCUT2D eigenvalue weighted by atomic mass is 9.88. The van der Waals surface area contributed by atoms with Crippen LogP contribution in [0.1, 0.15) is 47.3 Å². The number of rotatable bonds is 7. The van der Waals surface area contributed by atoms with Crippen LogP contribution in [-0.2, 0) is 11.2 Å². The molecule has 1 heterocycles. The first-order valence-electron chi connectivity index (χ1n) is 9.18. The lowest BCUT2D eigenvalue weighted by Crippen LogP contribution is -2.24. The van der Waals surface area contributed by atoms with Gasteiger partial charge in [-0.25, -0.2) is 8.78 Å². The van der Waals surface area contributed by atoms with E-state index in [1.54, 1.807) is 17.8 Å². The maximum Gasteiger partial charge on any atom is 0.303 e. The summed E-state index contributed by atoms with van der Waals surface area (Å²) in [4.78, 5) is 15.8. The second-order valence-electron chi connectivity index (χ2n) is 7.14. The Kier molecular flexibility index (Phi) is 6.13. The number of carbonyl (C=O) groups is 1.